The van der Waals surface area contributed by atoms with Gasteiger partial charge in [0.25, 0.3) is 11.8 Å². The van der Waals surface area contributed by atoms with E-state index in [-0.39, 0.29) is 23.3 Å². The van der Waals surface area contributed by atoms with Gasteiger partial charge in [-0.2, -0.15) is 0 Å². The van der Waals surface area contributed by atoms with Gasteiger partial charge < -0.3 is 15.2 Å². The van der Waals surface area contributed by atoms with Crippen LogP contribution in [0.15, 0.2) is 24.5 Å². The van der Waals surface area contributed by atoms with E-state index in [4.69, 9.17) is 0 Å². The first-order valence-corrected chi connectivity index (χ1v) is 10.6. The van der Waals surface area contributed by atoms with Gasteiger partial charge in [0.2, 0.25) is 0 Å². The molecule has 0 saturated carbocycles. The third-order valence-electron chi connectivity index (χ3n) is 5.48. The van der Waals surface area contributed by atoms with Crippen LogP contribution in [0.1, 0.15) is 54.1 Å². The second-order valence-corrected chi connectivity index (χ2v) is 9.61. The van der Waals surface area contributed by atoms with E-state index >= 15 is 0 Å². The number of nitrogens with zero attached hydrogens (tertiary/aromatic N) is 3. The first-order valence-electron chi connectivity index (χ1n) is 9.78. The molecule has 4 rings (SSSR count). The van der Waals surface area contributed by atoms with E-state index in [0.717, 1.165) is 24.4 Å². The number of hydrogen-bond donors (Lipinski definition) is 2. The fourth-order valence-electron chi connectivity index (χ4n) is 2.94. The van der Waals surface area contributed by atoms with Crippen LogP contribution >= 0.6 is 11.3 Å². The highest BCUT2D eigenvalue weighted by Crippen LogP contribution is 2.29. The zero-order chi connectivity index (χ0) is 20.8. The van der Waals surface area contributed by atoms with Crippen molar-refractivity contribution in [2.45, 2.75) is 40.2 Å². The van der Waals surface area contributed by atoms with Crippen LogP contribution in [0.4, 0.5) is 0 Å². The van der Waals surface area contributed by atoms with Crippen molar-refractivity contribution < 1.29 is 9.59 Å². The predicted molar refractivity (Wildman–Crippen MR) is 114 cm³/mol. The number of aromatic amines is 1. The number of nitrogens with one attached hydrogen (secondary N) is 2. The second-order valence-electron chi connectivity index (χ2n) is 8.53. The van der Waals surface area contributed by atoms with Crippen molar-refractivity contribution in [2.24, 2.45) is 5.41 Å². The first-order chi connectivity index (χ1) is 13.7. The normalized spacial score (nSPS) is 15.2. The summed E-state index contributed by atoms with van der Waals surface area (Å²) in [5.41, 5.74) is 2.18. The van der Waals surface area contributed by atoms with Crippen molar-refractivity contribution in [2.75, 3.05) is 13.1 Å². The fraction of sp³-hybridized carbons (Fsp3) is 0.429. The van der Waals surface area contributed by atoms with Gasteiger partial charge in [-0.05, 0) is 30.9 Å². The molecule has 3 aromatic heterocycles. The average molecular weight is 412 g/mol. The minimum Gasteiger partial charge on any atom is -0.349 e. The molecule has 0 spiro atoms. The molecule has 2 amide bonds. The molecule has 152 valence electrons. The molecule has 0 aromatic carbocycles. The Bertz CT molecular complexity index is 1070. The Morgan fingerprint density at radius 3 is 2.69 bits per heavy atom. The van der Waals surface area contributed by atoms with Crippen molar-refractivity contribution in [3.8, 4) is 10.6 Å². The molecule has 7 nitrogen and oxygen atoms in total. The highest BCUT2D eigenvalue weighted by atomic mass is 32.1. The molecule has 1 atom stereocenters. The number of fused-ring (bicyclic) bond motifs is 1. The molecule has 1 fully saturated rings. The number of carbonyl (C=O) groups is 2. The van der Waals surface area contributed by atoms with Crippen LogP contribution in [0.5, 0.6) is 0 Å². The maximum absolute atomic E-state index is 12.8. The smallest absolute Gasteiger partial charge is 0.263 e. The van der Waals surface area contributed by atoms with Gasteiger partial charge in [0.15, 0.2) is 5.65 Å². The van der Waals surface area contributed by atoms with Gasteiger partial charge in [-0.25, -0.2) is 9.97 Å². The lowest BCUT2D eigenvalue weighted by Gasteiger charge is -2.30. The van der Waals surface area contributed by atoms with Crippen LogP contribution < -0.4 is 5.32 Å². The number of carbonyl (C=O) groups excluding carboxylic acids is 2. The molecular formula is C21H25N5O2S. The van der Waals surface area contributed by atoms with Crippen molar-refractivity contribution in [1.82, 2.24) is 25.2 Å². The SMILES string of the molecule is C[C@H](NC(=O)c1c[nH]c2ncc(-c3ccc(C(=O)N4CCC4)s3)nc12)C(C)(C)C. The number of thiophene rings is 1. The summed E-state index contributed by atoms with van der Waals surface area (Å²) in [6.45, 7) is 9.90. The molecule has 8 heteroatoms. The molecule has 0 radical (unpaired) electrons. The molecule has 0 unspecified atom stereocenters. The number of hydrogen-bond acceptors (Lipinski definition) is 5. The van der Waals surface area contributed by atoms with Crippen LogP contribution in [0.2, 0.25) is 0 Å². The third-order valence-corrected chi connectivity index (χ3v) is 6.58. The molecule has 29 heavy (non-hydrogen) atoms. The van der Waals surface area contributed by atoms with E-state index in [2.05, 4.69) is 41.0 Å². The first kappa shape index (κ1) is 19.6. The Balaban J connectivity index is 1.61. The summed E-state index contributed by atoms with van der Waals surface area (Å²) in [4.78, 5) is 40.7. The Morgan fingerprint density at radius 1 is 1.28 bits per heavy atom. The topological polar surface area (TPSA) is 91.0 Å². The molecule has 1 aliphatic rings. The standard InChI is InChI=1S/C21H25N5O2S/c1-12(21(2,3)4)24-19(27)13-10-22-18-17(13)25-14(11-23-18)15-6-7-16(29-15)20(28)26-8-5-9-26/h6-7,10-12H,5,8-9H2,1-4H3,(H,22,23)(H,24,27)/t12-/m0/s1. The summed E-state index contributed by atoms with van der Waals surface area (Å²) in [7, 11) is 0. The van der Waals surface area contributed by atoms with Gasteiger partial charge in [-0.1, -0.05) is 20.8 Å². The molecule has 4 heterocycles. The minimum absolute atomic E-state index is 0.00321. The van der Waals surface area contributed by atoms with Crippen LogP contribution in [0, 0.1) is 5.41 Å². The lowest BCUT2D eigenvalue weighted by atomic mass is 9.88. The van der Waals surface area contributed by atoms with Gasteiger partial charge in [0.1, 0.15) is 5.52 Å². The van der Waals surface area contributed by atoms with Gasteiger partial charge >= 0.3 is 0 Å². The maximum Gasteiger partial charge on any atom is 0.263 e. The highest BCUT2D eigenvalue weighted by Gasteiger charge is 2.25. The van der Waals surface area contributed by atoms with E-state index in [1.54, 1.807) is 12.4 Å². The predicted octanol–water partition coefficient (Wildman–Crippen LogP) is 3.70. The number of likely N-dealkylation sites (tertiary alicyclic amines) is 1. The largest absolute Gasteiger partial charge is 0.349 e. The van der Waals surface area contributed by atoms with Crippen LogP contribution in [-0.2, 0) is 0 Å². The zero-order valence-electron chi connectivity index (χ0n) is 17.1. The molecule has 3 aromatic rings. The van der Waals surface area contributed by atoms with Crippen molar-refractivity contribution in [3.63, 3.8) is 0 Å². The molecule has 2 N–H and O–H groups in total. The van der Waals surface area contributed by atoms with Crippen LogP contribution in [0.3, 0.4) is 0 Å². The number of H-pyrrole nitrogens is 1. The minimum atomic E-state index is -0.176. The number of amides is 2. The summed E-state index contributed by atoms with van der Waals surface area (Å²) in [5.74, 6) is -0.107. The number of aromatic nitrogens is 3. The molecule has 1 aliphatic heterocycles. The Morgan fingerprint density at radius 2 is 2.03 bits per heavy atom. The van der Waals surface area contributed by atoms with E-state index < -0.39 is 0 Å². The molecule has 1 saturated heterocycles. The summed E-state index contributed by atoms with van der Waals surface area (Å²) in [6, 6.07) is 3.73. The number of rotatable bonds is 4. The third kappa shape index (κ3) is 3.76. The van der Waals surface area contributed by atoms with E-state index in [0.29, 0.717) is 27.3 Å². The quantitative estimate of drug-likeness (QED) is 0.685. The second kappa shape index (κ2) is 7.26. The van der Waals surface area contributed by atoms with Gasteiger partial charge in [-0.3, -0.25) is 9.59 Å². The molecule has 0 aliphatic carbocycles. The summed E-state index contributed by atoms with van der Waals surface area (Å²) >= 11 is 1.41. The van der Waals surface area contributed by atoms with Crippen molar-refractivity contribution in [1.29, 1.82) is 0 Å². The van der Waals surface area contributed by atoms with Crippen LogP contribution in [-0.4, -0.2) is 50.8 Å². The van der Waals surface area contributed by atoms with E-state index in [1.165, 1.54) is 11.3 Å². The lowest BCUT2D eigenvalue weighted by molar-refractivity contribution is 0.0656. The maximum atomic E-state index is 12.8. The van der Waals surface area contributed by atoms with E-state index in [9.17, 15) is 9.59 Å². The molecular weight excluding hydrogens is 386 g/mol. The molecule has 0 bridgehead atoms. The van der Waals surface area contributed by atoms with Crippen LogP contribution in [0.25, 0.3) is 21.7 Å². The Labute approximate surface area is 173 Å². The van der Waals surface area contributed by atoms with Gasteiger partial charge in [-0.15, -0.1) is 11.3 Å². The Hall–Kier alpha value is -2.74. The Kier molecular flexibility index (Phi) is 4.90. The average Bonchev–Trinajstić information content (AvgIpc) is 3.26. The summed E-state index contributed by atoms with van der Waals surface area (Å²) in [5, 5.41) is 3.04. The van der Waals surface area contributed by atoms with E-state index in [1.807, 2.05) is 24.0 Å². The lowest BCUT2D eigenvalue weighted by Crippen LogP contribution is -2.41. The van der Waals surface area contributed by atoms with Crippen molar-refractivity contribution >= 4 is 34.3 Å². The zero-order valence-corrected chi connectivity index (χ0v) is 17.9. The highest BCUT2D eigenvalue weighted by molar-refractivity contribution is 7.17. The monoisotopic (exact) mass is 411 g/mol. The fourth-order valence-corrected chi connectivity index (χ4v) is 3.87. The van der Waals surface area contributed by atoms with Crippen molar-refractivity contribution in [3.05, 3.63) is 35.0 Å². The summed E-state index contributed by atoms with van der Waals surface area (Å²) < 4.78 is 0. The summed E-state index contributed by atoms with van der Waals surface area (Å²) in [6.07, 6.45) is 4.38. The van der Waals surface area contributed by atoms with Gasteiger partial charge in [0.05, 0.1) is 27.2 Å². The van der Waals surface area contributed by atoms with Gasteiger partial charge in [0, 0.05) is 25.3 Å².